The Hall–Kier alpha value is -1.26. The highest BCUT2D eigenvalue weighted by atomic mass is 35.5. The van der Waals surface area contributed by atoms with Crippen molar-refractivity contribution in [3.63, 3.8) is 0 Å². The molecule has 3 N–H and O–H groups in total. The van der Waals surface area contributed by atoms with Gasteiger partial charge in [-0.1, -0.05) is 37.8 Å². The first-order chi connectivity index (χ1) is 8.69. The van der Waals surface area contributed by atoms with Gasteiger partial charge in [-0.05, 0) is 24.6 Å². The number of unbranched alkanes of at least 4 members (excludes halogenated alkanes) is 3. The van der Waals surface area contributed by atoms with Crippen molar-refractivity contribution in [1.82, 2.24) is 5.48 Å². The topological polar surface area (TPSA) is 65.3 Å². The molecule has 1 aromatic carbocycles. The Morgan fingerprint density at radius 1 is 1.39 bits per heavy atom. The number of hydrogen-bond donors (Lipinski definition) is 3. The zero-order valence-electron chi connectivity index (χ0n) is 10.5. The third-order valence-corrected chi connectivity index (χ3v) is 2.88. The second-order valence-electron chi connectivity index (χ2n) is 4.04. The lowest BCUT2D eigenvalue weighted by molar-refractivity contribution is 0.234. The van der Waals surface area contributed by atoms with E-state index in [0.717, 1.165) is 12.8 Å². The normalized spacial score (nSPS) is 10.2. The van der Waals surface area contributed by atoms with Gasteiger partial charge < -0.3 is 4.74 Å². The van der Waals surface area contributed by atoms with Crippen LogP contribution >= 0.6 is 11.6 Å². The van der Waals surface area contributed by atoms with Gasteiger partial charge >= 0.3 is 0 Å². The maximum Gasteiger partial charge on any atom is 0.149 e. The minimum atomic E-state index is -0.0913. The molecule has 100 valence electrons. The molecule has 0 aromatic heterocycles. The monoisotopic (exact) mass is 270 g/mol. The summed E-state index contributed by atoms with van der Waals surface area (Å²) in [4.78, 5) is 0. The van der Waals surface area contributed by atoms with Gasteiger partial charge in [0.2, 0.25) is 0 Å². The molecule has 0 spiro atoms. The molecule has 0 saturated carbocycles. The zero-order valence-corrected chi connectivity index (χ0v) is 11.3. The molecular formula is C13H19ClN2O2. The number of ether oxygens (including phenoxy) is 1. The molecule has 0 fully saturated rings. The van der Waals surface area contributed by atoms with Crippen LogP contribution in [0.1, 0.15) is 38.2 Å². The van der Waals surface area contributed by atoms with Crippen molar-refractivity contribution in [3.8, 4) is 5.75 Å². The summed E-state index contributed by atoms with van der Waals surface area (Å²) >= 11 is 6.04. The molecule has 0 unspecified atom stereocenters. The molecule has 0 amide bonds. The summed E-state index contributed by atoms with van der Waals surface area (Å²) in [5.74, 6) is 0.522. The van der Waals surface area contributed by atoms with Crippen LogP contribution in [0.15, 0.2) is 18.2 Å². The van der Waals surface area contributed by atoms with E-state index in [4.69, 9.17) is 27.0 Å². The van der Waals surface area contributed by atoms with E-state index >= 15 is 0 Å². The van der Waals surface area contributed by atoms with Crippen molar-refractivity contribution in [2.75, 3.05) is 6.61 Å². The quantitative estimate of drug-likeness (QED) is 0.307. The van der Waals surface area contributed by atoms with Gasteiger partial charge in [-0.15, -0.1) is 0 Å². The Morgan fingerprint density at radius 2 is 2.17 bits per heavy atom. The number of hydroxylamine groups is 1. The Balaban J connectivity index is 2.49. The largest absolute Gasteiger partial charge is 0.492 e. The zero-order chi connectivity index (χ0) is 13.4. The first kappa shape index (κ1) is 14.8. The van der Waals surface area contributed by atoms with Gasteiger partial charge in [0.15, 0.2) is 0 Å². The molecule has 18 heavy (non-hydrogen) atoms. The number of halogens is 1. The average molecular weight is 271 g/mol. The Bertz CT molecular complexity index is 397. The Kier molecular flexibility index (Phi) is 6.54. The van der Waals surface area contributed by atoms with Crippen molar-refractivity contribution in [3.05, 3.63) is 28.8 Å². The lowest BCUT2D eigenvalue weighted by Gasteiger charge is -2.09. The Labute approximate surface area is 112 Å². The maximum atomic E-state index is 8.62. The van der Waals surface area contributed by atoms with Gasteiger partial charge in [-0.2, -0.15) is 0 Å². The molecule has 0 saturated heterocycles. The van der Waals surface area contributed by atoms with Gasteiger partial charge in [0.05, 0.1) is 11.6 Å². The SMILES string of the molecule is CCCCCCOc1ccc(C(=N)NO)cc1Cl. The predicted molar refractivity (Wildman–Crippen MR) is 72.8 cm³/mol. The molecule has 0 aliphatic heterocycles. The smallest absolute Gasteiger partial charge is 0.149 e. The average Bonchev–Trinajstić information content (AvgIpc) is 2.39. The summed E-state index contributed by atoms with van der Waals surface area (Å²) < 4.78 is 5.57. The van der Waals surface area contributed by atoms with Crippen LogP contribution in [-0.4, -0.2) is 17.6 Å². The van der Waals surface area contributed by atoms with E-state index in [2.05, 4.69) is 6.92 Å². The minimum absolute atomic E-state index is 0.0913. The second kappa shape index (κ2) is 7.95. The van der Waals surface area contributed by atoms with Crippen molar-refractivity contribution in [2.24, 2.45) is 0 Å². The highest BCUT2D eigenvalue weighted by Crippen LogP contribution is 2.25. The molecule has 5 heteroatoms. The van der Waals surface area contributed by atoms with Gasteiger partial charge in [0.1, 0.15) is 11.6 Å². The van der Waals surface area contributed by atoms with Crippen LogP contribution in [0.2, 0.25) is 5.02 Å². The lowest BCUT2D eigenvalue weighted by atomic mass is 10.2. The summed E-state index contributed by atoms with van der Waals surface area (Å²) in [5, 5.41) is 16.5. The van der Waals surface area contributed by atoms with Crippen LogP contribution in [0.5, 0.6) is 5.75 Å². The van der Waals surface area contributed by atoms with Gasteiger partial charge in [-0.3, -0.25) is 16.1 Å². The fourth-order valence-corrected chi connectivity index (χ4v) is 1.78. The molecule has 0 aliphatic rings. The van der Waals surface area contributed by atoms with Gasteiger partial charge in [-0.25, -0.2) is 0 Å². The summed E-state index contributed by atoms with van der Waals surface area (Å²) in [7, 11) is 0. The number of nitrogens with one attached hydrogen (secondary N) is 2. The third kappa shape index (κ3) is 4.55. The van der Waals surface area contributed by atoms with Crippen LogP contribution in [0.4, 0.5) is 0 Å². The van der Waals surface area contributed by atoms with E-state index in [1.165, 1.54) is 12.8 Å². The third-order valence-electron chi connectivity index (χ3n) is 2.59. The molecule has 1 aromatic rings. The van der Waals surface area contributed by atoms with E-state index in [-0.39, 0.29) is 5.84 Å². The molecular weight excluding hydrogens is 252 g/mol. The Morgan fingerprint density at radius 3 is 2.78 bits per heavy atom. The van der Waals surface area contributed by atoms with E-state index in [1.54, 1.807) is 23.7 Å². The molecule has 0 radical (unpaired) electrons. The summed E-state index contributed by atoms with van der Waals surface area (Å²) in [6.07, 6.45) is 4.59. The minimum Gasteiger partial charge on any atom is -0.492 e. The maximum absolute atomic E-state index is 8.62. The predicted octanol–water partition coefficient (Wildman–Crippen LogP) is 3.60. The lowest BCUT2D eigenvalue weighted by Crippen LogP contribution is -2.18. The fraction of sp³-hybridized carbons (Fsp3) is 0.462. The first-order valence-electron chi connectivity index (χ1n) is 6.10. The standard InChI is InChI=1S/C13H19ClN2O2/c1-2-3-4-5-8-18-12-7-6-10(9-11(12)14)13(15)16-17/h6-7,9,17H,2-5,8H2,1H3,(H2,15,16). The number of benzene rings is 1. The van der Waals surface area contributed by atoms with Gasteiger partial charge in [0.25, 0.3) is 0 Å². The van der Waals surface area contributed by atoms with Crippen LogP contribution in [0.25, 0.3) is 0 Å². The fourth-order valence-electron chi connectivity index (χ4n) is 1.55. The highest BCUT2D eigenvalue weighted by Gasteiger charge is 2.06. The van der Waals surface area contributed by atoms with Crippen molar-refractivity contribution in [1.29, 1.82) is 5.41 Å². The second-order valence-corrected chi connectivity index (χ2v) is 4.45. The number of hydrogen-bond acceptors (Lipinski definition) is 3. The summed E-state index contributed by atoms with van der Waals surface area (Å²) in [6.45, 7) is 2.81. The molecule has 4 nitrogen and oxygen atoms in total. The van der Waals surface area contributed by atoms with Crippen molar-refractivity contribution in [2.45, 2.75) is 32.6 Å². The van der Waals surface area contributed by atoms with E-state index in [1.807, 2.05) is 0 Å². The van der Waals surface area contributed by atoms with E-state index in [0.29, 0.717) is 22.9 Å². The molecule has 0 heterocycles. The van der Waals surface area contributed by atoms with Crippen molar-refractivity contribution >= 4 is 17.4 Å². The molecule has 0 bridgehead atoms. The summed E-state index contributed by atoms with van der Waals surface area (Å²) in [5.41, 5.74) is 2.29. The first-order valence-corrected chi connectivity index (χ1v) is 6.48. The van der Waals surface area contributed by atoms with Crippen LogP contribution in [0.3, 0.4) is 0 Å². The molecule has 0 atom stereocenters. The molecule has 1 rings (SSSR count). The highest BCUT2D eigenvalue weighted by molar-refractivity contribution is 6.32. The van der Waals surface area contributed by atoms with Crippen molar-refractivity contribution < 1.29 is 9.94 Å². The van der Waals surface area contributed by atoms with E-state index < -0.39 is 0 Å². The number of amidine groups is 1. The summed E-state index contributed by atoms with van der Waals surface area (Å²) in [6, 6.07) is 4.98. The molecule has 0 aliphatic carbocycles. The van der Waals surface area contributed by atoms with Crippen LogP contribution in [-0.2, 0) is 0 Å². The number of rotatable bonds is 7. The van der Waals surface area contributed by atoms with Crippen LogP contribution in [0, 0.1) is 5.41 Å². The van der Waals surface area contributed by atoms with E-state index in [9.17, 15) is 0 Å². The van der Waals surface area contributed by atoms with Crippen LogP contribution < -0.4 is 10.2 Å². The van der Waals surface area contributed by atoms with Gasteiger partial charge in [0, 0.05) is 5.56 Å².